The van der Waals surface area contributed by atoms with E-state index in [-0.39, 0.29) is 5.04 Å². The summed E-state index contributed by atoms with van der Waals surface area (Å²) in [5, 5.41) is 2.59. The van der Waals surface area contributed by atoms with Gasteiger partial charge in [0, 0.05) is 0 Å². The number of rotatable bonds is 4. The van der Waals surface area contributed by atoms with E-state index in [0.29, 0.717) is 0 Å². The average molecular weight is 399 g/mol. The number of hydrogen-bond donors (Lipinski definition) is 0. The van der Waals surface area contributed by atoms with Crippen LogP contribution in [0.25, 0.3) is 5.57 Å². The maximum Gasteiger partial charge on any atom is 0.319 e. The molecule has 3 aromatic carbocycles. The van der Waals surface area contributed by atoms with Gasteiger partial charge < -0.3 is 4.43 Å². The van der Waals surface area contributed by atoms with E-state index < -0.39 is 8.32 Å². The molecule has 0 amide bonds. The lowest BCUT2D eigenvalue weighted by Crippen LogP contribution is -2.68. The minimum absolute atomic E-state index is 0.0296. The molecule has 0 heterocycles. The van der Waals surface area contributed by atoms with Crippen LogP contribution in [-0.2, 0) is 6.42 Å². The van der Waals surface area contributed by atoms with Gasteiger partial charge in [0.2, 0.25) is 0 Å². The second-order valence-electron chi connectivity index (χ2n) is 8.90. The predicted octanol–water partition coefficient (Wildman–Crippen LogP) is 5.97. The smallest absolute Gasteiger partial charge is 0.319 e. The van der Waals surface area contributed by atoms with Crippen molar-refractivity contribution in [3.8, 4) is 5.75 Å². The van der Waals surface area contributed by atoms with E-state index in [4.69, 9.17) is 4.43 Å². The molecule has 0 N–H and O–H groups in total. The van der Waals surface area contributed by atoms with Crippen LogP contribution in [0, 0.1) is 0 Å². The first kappa shape index (κ1) is 19.7. The van der Waals surface area contributed by atoms with Gasteiger partial charge in [0.25, 0.3) is 0 Å². The number of allylic oxidation sites excluding steroid dienone is 2. The zero-order valence-electron chi connectivity index (χ0n) is 17.9. The standard InChI is InChI=1S/C27H30OSi/c1-5-21-16-17-22-18-19-23(20-26(21)22)28-29(27(2,3)4,24-12-8-6-9-13-24)25-14-10-7-11-15-25/h5-15,18-20H,16-17H2,1-4H3. The van der Waals surface area contributed by atoms with E-state index in [1.807, 2.05) is 0 Å². The molecule has 0 unspecified atom stereocenters. The van der Waals surface area contributed by atoms with Crippen molar-refractivity contribution in [2.75, 3.05) is 0 Å². The molecule has 29 heavy (non-hydrogen) atoms. The van der Waals surface area contributed by atoms with Gasteiger partial charge in [0.05, 0.1) is 0 Å². The molecule has 0 spiro atoms. The second-order valence-corrected chi connectivity index (χ2v) is 13.1. The number of aryl methyl sites for hydroxylation is 1. The Morgan fingerprint density at radius 2 is 1.38 bits per heavy atom. The molecule has 1 aliphatic rings. The molecule has 0 atom stereocenters. The van der Waals surface area contributed by atoms with Crippen LogP contribution >= 0.6 is 0 Å². The quantitative estimate of drug-likeness (QED) is 0.492. The van der Waals surface area contributed by atoms with Crippen molar-refractivity contribution in [3.63, 3.8) is 0 Å². The van der Waals surface area contributed by atoms with Crippen LogP contribution in [0.3, 0.4) is 0 Å². The van der Waals surface area contributed by atoms with Crippen LogP contribution in [0.2, 0.25) is 5.04 Å². The van der Waals surface area contributed by atoms with Crippen molar-refractivity contribution in [1.29, 1.82) is 0 Å². The molecule has 0 radical (unpaired) electrons. The molecule has 4 rings (SSSR count). The third-order valence-electron chi connectivity index (χ3n) is 6.13. The highest BCUT2D eigenvalue weighted by molar-refractivity contribution is 7.00. The van der Waals surface area contributed by atoms with E-state index in [9.17, 15) is 0 Å². The Morgan fingerprint density at radius 3 is 1.90 bits per heavy atom. The Hall–Kier alpha value is -2.58. The first-order valence-electron chi connectivity index (χ1n) is 10.5. The SMILES string of the molecule is CC=C1CCc2ccc(O[Si](c3ccccc3)(c3ccccc3)C(C)(C)C)cc21. The summed E-state index contributed by atoms with van der Waals surface area (Å²) in [6, 6.07) is 28.4. The summed E-state index contributed by atoms with van der Waals surface area (Å²) >= 11 is 0. The molecular weight excluding hydrogens is 368 g/mol. The van der Waals surface area contributed by atoms with Gasteiger partial charge in [-0.15, -0.1) is 0 Å². The second kappa shape index (κ2) is 7.68. The van der Waals surface area contributed by atoms with Crippen molar-refractivity contribution in [2.45, 2.75) is 45.6 Å². The fourth-order valence-corrected chi connectivity index (χ4v) is 9.08. The van der Waals surface area contributed by atoms with Crippen LogP contribution in [0.15, 0.2) is 84.9 Å². The molecule has 1 nitrogen and oxygen atoms in total. The van der Waals surface area contributed by atoms with Crippen LogP contribution < -0.4 is 14.8 Å². The maximum atomic E-state index is 7.17. The van der Waals surface area contributed by atoms with Gasteiger partial charge in [-0.05, 0) is 64.0 Å². The molecule has 0 saturated carbocycles. The lowest BCUT2D eigenvalue weighted by molar-refractivity contribution is 0.508. The van der Waals surface area contributed by atoms with Gasteiger partial charge >= 0.3 is 8.32 Å². The zero-order chi connectivity index (χ0) is 20.5. The van der Waals surface area contributed by atoms with Crippen molar-refractivity contribution < 1.29 is 4.43 Å². The van der Waals surface area contributed by atoms with Gasteiger partial charge in [-0.3, -0.25) is 0 Å². The summed E-state index contributed by atoms with van der Waals surface area (Å²) in [7, 11) is -2.57. The van der Waals surface area contributed by atoms with E-state index in [2.05, 4.69) is 113 Å². The monoisotopic (exact) mass is 398 g/mol. The number of fused-ring (bicyclic) bond motifs is 1. The topological polar surface area (TPSA) is 9.23 Å². The predicted molar refractivity (Wildman–Crippen MR) is 127 cm³/mol. The van der Waals surface area contributed by atoms with Crippen LogP contribution in [0.4, 0.5) is 0 Å². The van der Waals surface area contributed by atoms with Gasteiger partial charge in [0.1, 0.15) is 5.75 Å². The Bertz CT molecular complexity index is 974. The first-order chi connectivity index (χ1) is 14.0. The third-order valence-corrected chi connectivity index (χ3v) is 11.1. The van der Waals surface area contributed by atoms with Gasteiger partial charge in [-0.1, -0.05) is 93.6 Å². The van der Waals surface area contributed by atoms with Crippen LogP contribution in [0.5, 0.6) is 5.75 Å². The van der Waals surface area contributed by atoms with Crippen molar-refractivity contribution in [1.82, 2.24) is 0 Å². The van der Waals surface area contributed by atoms with Gasteiger partial charge in [-0.25, -0.2) is 0 Å². The Kier molecular flexibility index (Phi) is 5.22. The zero-order valence-corrected chi connectivity index (χ0v) is 18.9. The van der Waals surface area contributed by atoms with Crippen molar-refractivity contribution in [2.24, 2.45) is 0 Å². The molecule has 0 aromatic heterocycles. The summed E-state index contributed by atoms with van der Waals surface area (Å²) in [4.78, 5) is 0. The van der Waals surface area contributed by atoms with E-state index in [1.165, 1.54) is 27.1 Å². The van der Waals surface area contributed by atoms with Gasteiger partial charge in [0.15, 0.2) is 0 Å². The highest BCUT2D eigenvalue weighted by Gasteiger charge is 2.52. The summed E-state index contributed by atoms with van der Waals surface area (Å²) in [5.41, 5.74) is 4.24. The highest BCUT2D eigenvalue weighted by atomic mass is 28.4. The molecule has 0 aliphatic heterocycles. The Morgan fingerprint density at radius 1 is 0.793 bits per heavy atom. The number of benzene rings is 3. The van der Waals surface area contributed by atoms with E-state index in [1.54, 1.807) is 0 Å². The van der Waals surface area contributed by atoms with Crippen LogP contribution in [-0.4, -0.2) is 8.32 Å². The lowest BCUT2D eigenvalue weighted by Gasteiger charge is -2.43. The molecule has 2 heteroatoms. The molecule has 0 saturated heterocycles. The summed E-state index contributed by atoms with van der Waals surface area (Å²) < 4.78 is 7.17. The fourth-order valence-electron chi connectivity index (χ4n) is 4.67. The maximum absolute atomic E-state index is 7.17. The number of hydrogen-bond acceptors (Lipinski definition) is 1. The normalized spacial score (nSPS) is 15.4. The van der Waals surface area contributed by atoms with Crippen molar-refractivity contribution in [3.05, 3.63) is 96.1 Å². The average Bonchev–Trinajstić information content (AvgIpc) is 3.14. The molecule has 0 bridgehead atoms. The molecule has 3 aromatic rings. The fraction of sp³-hybridized carbons (Fsp3) is 0.259. The highest BCUT2D eigenvalue weighted by Crippen LogP contribution is 2.40. The molecule has 1 aliphatic carbocycles. The van der Waals surface area contributed by atoms with E-state index >= 15 is 0 Å². The summed E-state index contributed by atoms with van der Waals surface area (Å²) in [6.07, 6.45) is 4.52. The van der Waals surface area contributed by atoms with Crippen LogP contribution in [0.1, 0.15) is 45.2 Å². The molecule has 148 valence electrons. The molecular formula is C27H30OSi. The summed E-state index contributed by atoms with van der Waals surface area (Å²) in [5.74, 6) is 0.985. The molecule has 0 fully saturated rings. The third kappa shape index (κ3) is 3.47. The first-order valence-corrected chi connectivity index (χ1v) is 12.4. The minimum Gasteiger partial charge on any atom is -0.534 e. The Balaban J connectivity index is 1.90. The van der Waals surface area contributed by atoms with Gasteiger partial charge in [-0.2, -0.15) is 0 Å². The van der Waals surface area contributed by atoms with E-state index in [0.717, 1.165) is 18.6 Å². The lowest BCUT2D eigenvalue weighted by atomic mass is 10.1. The largest absolute Gasteiger partial charge is 0.534 e. The Labute approximate surface area is 176 Å². The minimum atomic E-state index is -2.57. The summed E-state index contributed by atoms with van der Waals surface area (Å²) in [6.45, 7) is 9.11. The van der Waals surface area contributed by atoms with Crippen molar-refractivity contribution >= 4 is 24.3 Å².